The van der Waals surface area contributed by atoms with E-state index in [4.69, 9.17) is 4.74 Å². The number of methoxy groups -OCH3 is 1. The van der Waals surface area contributed by atoms with Crippen molar-refractivity contribution in [2.24, 2.45) is 5.92 Å². The number of ether oxygens (including phenoxy) is 1. The highest BCUT2D eigenvalue weighted by Gasteiger charge is 2.41. The molecule has 1 amide bonds. The number of rotatable bonds is 5. The van der Waals surface area contributed by atoms with E-state index in [9.17, 15) is 10.1 Å². The molecule has 0 radical (unpaired) electrons. The maximum atomic E-state index is 12.1. The Morgan fingerprint density at radius 1 is 1.60 bits per heavy atom. The van der Waals surface area contributed by atoms with Crippen LogP contribution in [-0.4, -0.2) is 40.8 Å². The summed E-state index contributed by atoms with van der Waals surface area (Å²) in [6, 6.07) is 2.29. The number of amides is 1. The van der Waals surface area contributed by atoms with Crippen molar-refractivity contribution in [1.82, 2.24) is 14.7 Å². The number of hydrogen-bond acceptors (Lipinski definition) is 4. The predicted molar refractivity (Wildman–Crippen MR) is 72.7 cm³/mol. The molecule has 108 valence electrons. The van der Waals surface area contributed by atoms with E-state index >= 15 is 0 Å². The average molecular weight is 276 g/mol. The maximum Gasteiger partial charge on any atom is 0.224 e. The lowest BCUT2D eigenvalue weighted by molar-refractivity contribution is -0.129. The normalized spacial score (nSPS) is 22.6. The van der Waals surface area contributed by atoms with Gasteiger partial charge in [0, 0.05) is 37.9 Å². The van der Waals surface area contributed by atoms with E-state index in [1.807, 2.05) is 24.7 Å². The fraction of sp³-hybridized carbons (Fsp3) is 0.643. The molecule has 1 saturated heterocycles. The zero-order valence-corrected chi connectivity index (χ0v) is 12.1. The summed E-state index contributed by atoms with van der Waals surface area (Å²) >= 11 is 0. The molecule has 6 nitrogen and oxygen atoms in total. The molecule has 1 aromatic rings. The van der Waals surface area contributed by atoms with Crippen molar-refractivity contribution in [2.45, 2.75) is 32.4 Å². The Kier molecular flexibility index (Phi) is 4.40. The molecule has 1 aliphatic heterocycles. The van der Waals surface area contributed by atoms with Crippen LogP contribution in [0.5, 0.6) is 0 Å². The second-order valence-corrected chi connectivity index (χ2v) is 5.31. The number of hydrogen-bond donors (Lipinski definition) is 0. The van der Waals surface area contributed by atoms with Crippen LogP contribution < -0.4 is 0 Å². The summed E-state index contributed by atoms with van der Waals surface area (Å²) in [6.45, 7) is 5.06. The summed E-state index contributed by atoms with van der Waals surface area (Å²) in [4.78, 5) is 13.8. The molecule has 2 atom stereocenters. The Balaban J connectivity index is 2.27. The molecule has 0 N–H and O–H groups in total. The number of aromatic nitrogens is 2. The second-order valence-electron chi connectivity index (χ2n) is 5.31. The Morgan fingerprint density at radius 3 is 2.90 bits per heavy atom. The van der Waals surface area contributed by atoms with Gasteiger partial charge in [0.2, 0.25) is 5.91 Å². The molecule has 0 unspecified atom stereocenters. The van der Waals surface area contributed by atoms with Crippen LogP contribution in [0.25, 0.3) is 0 Å². The van der Waals surface area contributed by atoms with Gasteiger partial charge in [-0.2, -0.15) is 10.4 Å². The van der Waals surface area contributed by atoms with Crippen molar-refractivity contribution in [3.63, 3.8) is 0 Å². The first kappa shape index (κ1) is 14.5. The quantitative estimate of drug-likeness (QED) is 0.817. The van der Waals surface area contributed by atoms with Gasteiger partial charge in [-0.05, 0) is 13.8 Å². The van der Waals surface area contributed by atoms with E-state index in [-0.39, 0.29) is 30.3 Å². The summed E-state index contributed by atoms with van der Waals surface area (Å²) in [5, 5.41) is 13.6. The summed E-state index contributed by atoms with van der Waals surface area (Å²) in [5.74, 6) is -0.305. The van der Waals surface area contributed by atoms with Gasteiger partial charge in [0.05, 0.1) is 30.8 Å². The average Bonchev–Trinajstić information content (AvgIpc) is 3.00. The van der Waals surface area contributed by atoms with Gasteiger partial charge in [-0.15, -0.1) is 0 Å². The highest BCUT2D eigenvalue weighted by Crippen LogP contribution is 2.37. The number of nitrogens with zero attached hydrogens (tertiary/aromatic N) is 4. The van der Waals surface area contributed by atoms with Crippen LogP contribution in [0.4, 0.5) is 0 Å². The van der Waals surface area contributed by atoms with Crippen molar-refractivity contribution in [1.29, 1.82) is 5.26 Å². The van der Waals surface area contributed by atoms with Crippen molar-refractivity contribution < 1.29 is 9.53 Å². The molecule has 1 aliphatic rings. The van der Waals surface area contributed by atoms with E-state index in [2.05, 4.69) is 11.2 Å². The highest BCUT2D eigenvalue weighted by molar-refractivity contribution is 5.80. The van der Waals surface area contributed by atoms with Gasteiger partial charge in [-0.1, -0.05) is 0 Å². The molecule has 2 heterocycles. The second kappa shape index (κ2) is 6.06. The lowest BCUT2D eigenvalue weighted by Crippen LogP contribution is -2.31. The minimum absolute atomic E-state index is 0.0101. The van der Waals surface area contributed by atoms with Gasteiger partial charge in [-0.3, -0.25) is 9.48 Å². The molecular weight excluding hydrogens is 256 g/mol. The molecule has 0 aliphatic carbocycles. The van der Waals surface area contributed by atoms with Crippen LogP contribution in [0.15, 0.2) is 12.4 Å². The molecule has 20 heavy (non-hydrogen) atoms. The van der Waals surface area contributed by atoms with Crippen molar-refractivity contribution in [2.75, 3.05) is 20.3 Å². The number of carbonyl (C=O) groups excluding carboxylic acids is 1. The first-order valence-electron chi connectivity index (χ1n) is 6.80. The van der Waals surface area contributed by atoms with Crippen LogP contribution >= 0.6 is 0 Å². The third kappa shape index (κ3) is 2.68. The lowest BCUT2D eigenvalue weighted by atomic mass is 9.97. The number of likely N-dealkylation sites (tertiary alicyclic amines) is 1. The largest absolute Gasteiger partial charge is 0.383 e. The Morgan fingerprint density at radius 2 is 2.35 bits per heavy atom. The van der Waals surface area contributed by atoms with Gasteiger partial charge in [0.25, 0.3) is 0 Å². The Labute approximate surface area is 118 Å². The maximum absolute atomic E-state index is 12.1. The zero-order valence-electron chi connectivity index (χ0n) is 12.1. The molecule has 0 aromatic carbocycles. The van der Waals surface area contributed by atoms with Crippen LogP contribution in [0.2, 0.25) is 0 Å². The van der Waals surface area contributed by atoms with Crippen LogP contribution in [-0.2, 0) is 9.53 Å². The SMILES string of the molecule is COCCN1C(=O)C[C@@H](C#N)[C@@H]1c1cnn(C(C)C)c1. The van der Waals surface area contributed by atoms with E-state index in [0.29, 0.717) is 13.2 Å². The molecule has 0 bridgehead atoms. The van der Waals surface area contributed by atoms with Crippen LogP contribution in [0.1, 0.15) is 37.9 Å². The van der Waals surface area contributed by atoms with Crippen LogP contribution in [0, 0.1) is 17.2 Å². The zero-order chi connectivity index (χ0) is 14.7. The van der Waals surface area contributed by atoms with E-state index in [0.717, 1.165) is 5.56 Å². The summed E-state index contributed by atoms with van der Waals surface area (Å²) in [7, 11) is 1.61. The molecule has 6 heteroatoms. The fourth-order valence-corrected chi connectivity index (χ4v) is 2.56. The first-order valence-corrected chi connectivity index (χ1v) is 6.80. The minimum Gasteiger partial charge on any atom is -0.383 e. The van der Waals surface area contributed by atoms with Gasteiger partial charge in [0.15, 0.2) is 0 Å². The fourth-order valence-electron chi connectivity index (χ4n) is 2.56. The van der Waals surface area contributed by atoms with Crippen LogP contribution in [0.3, 0.4) is 0 Å². The predicted octanol–water partition coefficient (Wildman–Crippen LogP) is 1.52. The van der Waals surface area contributed by atoms with Crippen molar-refractivity contribution in [3.8, 4) is 6.07 Å². The standard InChI is InChI=1S/C14H20N4O2/c1-10(2)18-9-12(8-16-18)14-11(7-15)6-13(19)17(14)4-5-20-3/h8-11,14H,4-6H2,1-3H3/t11-,14+/m0/s1. The molecule has 2 rings (SSSR count). The lowest BCUT2D eigenvalue weighted by Gasteiger charge is -2.25. The summed E-state index contributed by atoms with van der Waals surface area (Å²) in [5.41, 5.74) is 0.923. The van der Waals surface area contributed by atoms with Gasteiger partial charge >= 0.3 is 0 Å². The van der Waals surface area contributed by atoms with Gasteiger partial charge < -0.3 is 9.64 Å². The van der Waals surface area contributed by atoms with Gasteiger partial charge in [-0.25, -0.2) is 0 Å². The minimum atomic E-state index is -0.316. The molecule has 0 spiro atoms. The van der Waals surface area contributed by atoms with E-state index in [1.54, 1.807) is 18.2 Å². The first-order chi connectivity index (χ1) is 9.58. The smallest absolute Gasteiger partial charge is 0.224 e. The number of carbonyl (C=O) groups is 1. The number of nitriles is 1. The summed E-state index contributed by atoms with van der Waals surface area (Å²) in [6.07, 6.45) is 3.96. The third-order valence-electron chi connectivity index (χ3n) is 3.63. The Bertz CT molecular complexity index is 517. The van der Waals surface area contributed by atoms with E-state index < -0.39 is 0 Å². The topological polar surface area (TPSA) is 71.2 Å². The highest BCUT2D eigenvalue weighted by atomic mass is 16.5. The molecule has 1 fully saturated rings. The van der Waals surface area contributed by atoms with E-state index in [1.165, 1.54) is 0 Å². The van der Waals surface area contributed by atoms with Gasteiger partial charge in [0.1, 0.15) is 0 Å². The Hall–Kier alpha value is -1.87. The monoisotopic (exact) mass is 276 g/mol. The summed E-state index contributed by atoms with van der Waals surface area (Å²) < 4.78 is 6.90. The third-order valence-corrected chi connectivity index (χ3v) is 3.63. The van der Waals surface area contributed by atoms with Crippen molar-refractivity contribution >= 4 is 5.91 Å². The molecular formula is C14H20N4O2. The van der Waals surface area contributed by atoms with Crippen molar-refractivity contribution in [3.05, 3.63) is 18.0 Å². The molecule has 1 aromatic heterocycles. The molecule has 0 saturated carbocycles.